The van der Waals surface area contributed by atoms with Crippen LogP contribution in [0.3, 0.4) is 0 Å². The Morgan fingerprint density at radius 3 is 2.46 bits per heavy atom. The molecule has 1 aliphatic heterocycles. The van der Waals surface area contributed by atoms with E-state index in [1.54, 1.807) is 23.1 Å². The Labute approximate surface area is 167 Å². The van der Waals surface area contributed by atoms with Crippen LogP contribution >= 0.6 is 0 Å². The molecular weight excluding hydrogens is 376 g/mol. The minimum absolute atomic E-state index is 0.0184. The number of hydrogen-bond acceptors (Lipinski definition) is 4. The maximum Gasteiger partial charge on any atom is 0.223 e. The first kappa shape index (κ1) is 20.8. The second-order valence-electron chi connectivity index (χ2n) is 7.89. The first-order valence-electron chi connectivity index (χ1n) is 10.3. The van der Waals surface area contributed by atoms with Crippen molar-refractivity contribution in [2.75, 3.05) is 17.2 Å². The van der Waals surface area contributed by atoms with Gasteiger partial charge in [0.05, 0.1) is 10.6 Å². The second-order valence-corrected chi connectivity index (χ2v) is 10.00. The Balaban J connectivity index is 1.58. The highest BCUT2D eigenvalue weighted by atomic mass is 32.2. The molecule has 2 aliphatic rings. The van der Waals surface area contributed by atoms with E-state index in [1.807, 2.05) is 0 Å². The fourth-order valence-corrected chi connectivity index (χ4v) is 5.43. The molecule has 28 heavy (non-hydrogen) atoms. The number of amides is 2. The number of hydrogen-bond donors (Lipinski definition) is 1. The fourth-order valence-electron chi connectivity index (χ4n) is 4.14. The van der Waals surface area contributed by atoms with Crippen LogP contribution in [0, 0.1) is 0 Å². The lowest BCUT2D eigenvalue weighted by atomic mass is 9.97. The van der Waals surface area contributed by atoms with Crippen molar-refractivity contribution >= 4 is 27.3 Å². The van der Waals surface area contributed by atoms with Gasteiger partial charge < -0.3 is 10.2 Å². The molecule has 1 aromatic rings. The fraction of sp³-hybridized carbons (Fsp3) is 0.619. The zero-order chi connectivity index (χ0) is 20.1. The highest BCUT2D eigenvalue weighted by Crippen LogP contribution is 2.30. The van der Waals surface area contributed by atoms with Gasteiger partial charge in [-0.2, -0.15) is 0 Å². The van der Waals surface area contributed by atoms with Gasteiger partial charge in [-0.1, -0.05) is 32.1 Å². The van der Waals surface area contributed by atoms with Gasteiger partial charge in [-0.25, -0.2) is 8.42 Å². The lowest BCUT2D eigenvalue weighted by Gasteiger charge is -2.21. The van der Waals surface area contributed by atoms with Crippen LogP contribution < -0.4 is 10.2 Å². The van der Waals surface area contributed by atoms with Gasteiger partial charge >= 0.3 is 0 Å². The molecule has 1 saturated carbocycles. The highest BCUT2D eigenvalue weighted by Gasteiger charge is 2.25. The molecule has 0 atom stereocenters. The maximum absolute atomic E-state index is 12.7. The predicted molar refractivity (Wildman–Crippen MR) is 109 cm³/mol. The van der Waals surface area contributed by atoms with E-state index in [2.05, 4.69) is 5.32 Å². The van der Waals surface area contributed by atoms with Crippen LogP contribution in [0.4, 0.5) is 5.69 Å². The number of nitrogens with zero attached hydrogens (tertiary/aromatic N) is 1. The summed E-state index contributed by atoms with van der Waals surface area (Å²) in [6.07, 6.45) is 8.53. The molecule has 1 N–H and O–H groups in total. The number of anilines is 1. The van der Waals surface area contributed by atoms with Gasteiger partial charge in [0, 0.05) is 31.6 Å². The van der Waals surface area contributed by atoms with Crippen LogP contribution in [0.5, 0.6) is 0 Å². The smallest absolute Gasteiger partial charge is 0.223 e. The largest absolute Gasteiger partial charge is 0.353 e. The van der Waals surface area contributed by atoms with Crippen molar-refractivity contribution in [3.05, 3.63) is 23.8 Å². The summed E-state index contributed by atoms with van der Waals surface area (Å²) in [5.41, 5.74) is 1.66. The lowest BCUT2D eigenvalue weighted by Crippen LogP contribution is -2.36. The van der Waals surface area contributed by atoms with Crippen LogP contribution in [-0.2, 0) is 25.8 Å². The molecule has 0 bridgehead atoms. The van der Waals surface area contributed by atoms with E-state index in [9.17, 15) is 18.0 Å². The normalized spacial score (nSPS) is 18.2. The minimum Gasteiger partial charge on any atom is -0.353 e. The summed E-state index contributed by atoms with van der Waals surface area (Å²) in [6, 6.07) is 5.07. The average molecular weight is 407 g/mol. The van der Waals surface area contributed by atoms with E-state index in [0.29, 0.717) is 13.0 Å². The van der Waals surface area contributed by atoms with Crippen molar-refractivity contribution in [2.24, 2.45) is 0 Å². The summed E-state index contributed by atoms with van der Waals surface area (Å²) < 4.78 is 25.4. The molecule has 0 spiro atoms. The van der Waals surface area contributed by atoms with Gasteiger partial charge in [0.2, 0.25) is 11.8 Å². The molecule has 0 saturated heterocycles. The molecule has 6 nitrogen and oxygen atoms in total. The standard InChI is InChI=1S/C21H30N2O4S/c1-16(24)23-13-11-17-15-19(9-10-20(17)23)28(26,27)14-12-21(25)22-18-7-5-3-2-4-6-8-18/h9-10,15,18H,2-8,11-14H2,1H3,(H,22,25). The first-order valence-corrected chi connectivity index (χ1v) is 12.0. The molecular formula is C21H30N2O4S. The molecule has 0 unspecified atom stereocenters. The van der Waals surface area contributed by atoms with E-state index in [0.717, 1.165) is 36.9 Å². The van der Waals surface area contributed by atoms with Crippen molar-refractivity contribution in [3.8, 4) is 0 Å². The summed E-state index contributed by atoms with van der Waals surface area (Å²) in [5.74, 6) is -0.417. The van der Waals surface area contributed by atoms with Crippen LogP contribution in [0.25, 0.3) is 0 Å². The molecule has 154 valence electrons. The third kappa shape index (κ3) is 5.13. The summed E-state index contributed by atoms with van der Waals surface area (Å²) in [6.45, 7) is 2.09. The van der Waals surface area contributed by atoms with Crippen LogP contribution in [0.2, 0.25) is 0 Å². The third-order valence-corrected chi connectivity index (χ3v) is 7.47. The number of carbonyl (C=O) groups is 2. The zero-order valence-electron chi connectivity index (χ0n) is 16.6. The molecule has 3 rings (SSSR count). The molecule has 7 heteroatoms. The van der Waals surface area contributed by atoms with Crippen molar-refractivity contribution < 1.29 is 18.0 Å². The van der Waals surface area contributed by atoms with Crippen LogP contribution in [-0.4, -0.2) is 38.6 Å². The van der Waals surface area contributed by atoms with E-state index in [-0.39, 0.29) is 34.9 Å². The van der Waals surface area contributed by atoms with E-state index in [1.165, 1.54) is 26.2 Å². The van der Waals surface area contributed by atoms with Gasteiger partial charge in [-0.15, -0.1) is 0 Å². The van der Waals surface area contributed by atoms with Crippen LogP contribution in [0.1, 0.15) is 63.9 Å². The Kier molecular flexibility index (Phi) is 6.75. The third-order valence-electron chi connectivity index (χ3n) is 5.75. The van der Waals surface area contributed by atoms with Gasteiger partial charge in [0.1, 0.15) is 0 Å². The number of fused-ring (bicyclic) bond motifs is 1. The van der Waals surface area contributed by atoms with Gasteiger partial charge in [-0.05, 0) is 43.0 Å². The molecule has 1 fully saturated rings. The summed E-state index contributed by atoms with van der Waals surface area (Å²) in [4.78, 5) is 25.8. The lowest BCUT2D eigenvalue weighted by molar-refractivity contribution is -0.121. The number of sulfone groups is 1. The van der Waals surface area contributed by atoms with Crippen molar-refractivity contribution in [3.63, 3.8) is 0 Å². The van der Waals surface area contributed by atoms with Crippen LogP contribution in [0.15, 0.2) is 23.1 Å². The van der Waals surface area contributed by atoms with Crippen molar-refractivity contribution in [1.29, 1.82) is 0 Å². The summed E-state index contributed by atoms with van der Waals surface area (Å²) in [7, 11) is -3.53. The monoisotopic (exact) mass is 406 g/mol. The Bertz CT molecular complexity index is 827. The molecule has 0 aromatic heterocycles. The Morgan fingerprint density at radius 2 is 1.79 bits per heavy atom. The topological polar surface area (TPSA) is 83.6 Å². The minimum atomic E-state index is -3.53. The summed E-state index contributed by atoms with van der Waals surface area (Å²) >= 11 is 0. The molecule has 1 aromatic carbocycles. The highest BCUT2D eigenvalue weighted by molar-refractivity contribution is 7.91. The van der Waals surface area contributed by atoms with Gasteiger partial charge in [0.15, 0.2) is 9.84 Å². The van der Waals surface area contributed by atoms with E-state index in [4.69, 9.17) is 0 Å². The average Bonchev–Trinajstić information content (AvgIpc) is 3.06. The number of benzene rings is 1. The number of rotatable bonds is 5. The van der Waals surface area contributed by atoms with Gasteiger partial charge in [0.25, 0.3) is 0 Å². The number of nitrogens with one attached hydrogen (secondary N) is 1. The second kappa shape index (κ2) is 9.07. The molecule has 1 aliphatic carbocycles. The van der Waals surface area contributed by atoms with Gasteiger partial charge in [-0.3, -0.25) is 9.59 Å². The Hall–Kier alpha value is -1.89. The predicted octanol–water partition coefficient (Wildman–Crippen LogP) is 2.99. The molecule has 1 heterocycles. The Morgan fingerprint density at radius 1 is 1.11 bits per heavy atom. The summed E-state index contributed by atoms with van der Waals surface area (Å²) in [5, 5.41) is 3.02. The first-order chi connectivity index (χ1) is 13.4. The van der Waals surface area contributed by atoms with E-state index < -0.39 is 9.84 Å². The number of carbonyl (C=O) groups excluding carboxylic acids is 2. The molecule has 0 radical (unpaired) electrons. The molecule has 2 amide bonds. The zero-order valence-corrected chi connectivity index (χ0v) is 17.4. The quantitative estimate of drug-likeness (QED) is 0.815. The van der Waals surface area contributed by atoms with Crippen molar-refractivity contribution in [2.45, 2.75) is 75.6 Å². The SMILES string of the molecule is CC(=O)N1CCc2cc(S(=O)(=O)CCC(=O)NC3CCCCCCC3)ccc21. The van der Waals surface area contributed by atoms with Crippen molar-refractivity contribution in [1.82, 2.24) is 5.32 Å². The maximum atomic E-state index is 12.7. The van der Waals surface area contributed by atoms with E-state index >= 15 is 0 Å².